The SMILES string of the molecule is NCc1ccc(-c2c[nH]c3cnc(N)cc23)cc1. The Morgan fingerprint density at radius 2 is 1.94 bits per heavy atom. The Labute approximate surface area is 105 Å². The van der Waals surface area contributed by atoms with E-state index in [4.69, 9.17) is 11.5 Å². The van der Waals surface area contributed by atoms with Crippen LogP contribution in [0.25, 0.3) is 22.0 Å². The smallest absolute Gasteiger partial charge is 0.124 e. The van der Waals surface area contributed by atoms with Gasteiger partial charge in [0.25, 0.3) is 0 Å². The molecule has 90 valence electrons. The summed E-state index contributed by atoms with van der Waals surface area (Å²) in [5, 5.41) is 1.09. The summed E-state index contributed by atoms with van der Waals surface area (Å²) in [7, 11) is 0. The largest absolute Gasteiger partial charge is 0.384 e. The Balaban J connectivity index is 2.15. The number of pyridine rings is 1. The molecule has 1 aromatic carbocycles. The molecule has 0 aliphatic carbocycles. The van der Waals surface area contributed by atoms with Gasteiger partial charge in [-0.25, -0.2) is 4.98 Å². The van der Waals surface area contributed by atoms with Gasteiger partial charge in [0.1, 0.15) is 5.82 Å². The maximum absolute atomic E-state index is 5.73. The lowest BCUT2D eigenvalue weighted by molar-refractivity contribution is 1.07. The number of nitrogens with one attached hydrogen (secondary N) is 1. The van der Waals surface area contributed by atoms with E-state index in [9.17, 15) is 0 Å². The van der Waals surface area contributed by atoms with Crippen molar-refractivity contribution in [3.63, 3.8) is 0 Å². The maximum atomic E-state index is 5.73. The average Bonchev–Trinajstić information content (AvgIpc) is 2.82. The number of H-pyrrole nitrogens is 1. The van der Waals surface area contributed by atoms with E-state index in [1.54, 1.807) is 6.20 Å². The summed E-state index contributed by atoms with van der Waals surface area (Å²) >= 11 is 0. The second-order valence-corrected chi connectivity index (χ2v) is 4.26. The summed E-state index contributed by atoms with van der Waals surface area (Å²) in [6, 6.07) is 10.1. The van der Waals surface area contributed by atoms with Gasteiger partial charge in [-0.15, -0.1) is 0 Å². The van der Waals surface area contributed by atoms with Crippen molar-refractivity contribution < 1.29 is 0 Å². The number of benzene rings is 1. The van der Waals surface area contributed by atoms with Crippen molar-refractivity contribution in [2.24, 2.45) is 5.73 Å². The minimum atomic E-state index is 0.530. The first kappa shape index (κ1) is 10.8. The lowest BCUT2D eigenvalue weighted by Crippen LogP contribution is -1.95. The van der Waals surface area contributed by atoms with Crippen molar-refractivity contribution >= 4 is 16.7 Å². The molecule has 2 aromatic heterocycles. The summed E-state index contributed by atoms with van der Waals surface area (Å²) < 4.78 is 0. The van der Waals surface area contributed by atoms with Gasteiger partial charge in [0, 0.05) is 23.7 Å². The number of aromatic amines is 1. The fourth-order valence-corrected chi connectivity index (χ4v) is 2.10. The van der Waals surface area contributed by atoms with Gasteiger partial charge in [-0.1, -0.05) is 24.3 Å². The third-order valence-corrected chi connectivity index (χ3v) is 3.09. The normalized spacial score (nSPS) is 10.9. The van der Waals surface area contributed by atoms with Crippen molar-refractivity contribution in [1.82, 2.24) is 9.97 Å². The van der Waals surface area contributed by atoms with Crippen molar-refractivity contribution in [3.05, 3.63) is 48.3 Å². The summed E-state index contributed by atoms with van der Waals surface area (Å²) in [6.07, 6.45) is 3.73. The highest BCUT2D eigenvalue weighted by Crippen LogP contribution is 2.29. The maximum Gasteiger partial charge on any atom is 0.124 e. The molecule has 0 fully saturated rings. The number of nitrogens with two attached hydrogens (primary N) is 2. The van der Waals surface area contributed by atoms with E-state index in [0.29, 0.717) is 12.4 Å². The fourth-order valence-electron chi connectivity index (χ4n) is 2.10. The van der Waals surface area contributed by atoms with Crippen molar-refractivity contribution in [2.45, 2.75) is 6.54 Å². The van der Waals surface area contributed by atoms with Gasteiger partial charge < -0.3 is 16.5 Å². The van der Waals surface area contributed by atoms with Crippen LogP contribution in [0.5, 0.6) is 0 Å². The molecule has 0 bridgehead atoms. The average molecular weight is 238 g/mol. The van der Waals surface area contributed by atoms with Gasteiger partial charge in [-0.05, 0) is 17.2 Å². The van der Waals surface area contributed by atoms with E-state index in [2.05, 4.69) is 22.1 Å². The molecule has 3 rings (SSSR count). The van der Waals surface area contributed by atoms with Crippen LogP contribution in [0.4, 0.5) is 5.82 Å². The molecule has 4 nitrogen and oxygen atoms in total. The number of aromatic nitrogens is 2. The Morgan fingerprint density at radius 1 is 1.17 bits per heavy atom. The molecule has 0 radical (unpaired) electrons. The molecule has 0 saturated heterocycles. The molecule has 0 spiro atoms. The van der Waals surface area contributed by atoms with Crippen LogP contribution in [0.3, 0.4) is 0 Å². The van der Waals surface area contributed by atoms with Gasteiger partial charge in [0.2, 0.25) is 0 Å². The van der Waals surface area contributed by atoms with E-state index in [0.717, 1.165) is 27.6 Å². The molecule has 0 atom stereocenters. The third-order valence-electron chi connectivity index (χ3n) is 3.09. The lowest BCUT2D eigenvalue weighted by atomic mass is 10.0. The molecule has 18 heavy (non-hydrogen) atoms. The van der Waals surface area contributed by atoms with Crippen molar-refractivity contribution in [3.8, 4) is 11.1 Å². The summed E-state index contributed by atoms with van der Waals surface area (Å²) in [5.41, 5.74) is 15.7. The second kappa shape index (κ2) is 4.16. The van der Waals surface area contributed by atoms with Gasteiger partial charge in [0.05, 0.1) is 11.7 Å². The highest BCUT2D eigenvalue weighted by atomic mass is 14.8. The highest BCUT2D eigenvalue weighted by molar-refractivity contribution is 5.96. The monoisotopic (exact) mass is 238 g/mol. The van der Waals surface area contributed by atoms with Crippen LogP contribution in [0.2, 0.25) is 0 Å². The molecule has 0 saturated carbocycles. The molecule has 5 N–H and O–H groups in total. The van der Waals surface area contributed by atoms with Crippen LogP contribution in [0.1, 0.15) is 5.56 Å². The first-order chi connectivity index (χ1) is 8.78. The molecule has 0 aliphatic rings. The Kier molecular flexibility index (Phi) is 2.50. The number of anilines is 1. The highest BCUT2D eigenvalue weighted by Gasteiger charge is 2.06. The van der Waals surface area contributed by atoms with Crippen molar-refractivity contribution in [2.75, 3.05) is 5.73 Å². The Hall–Kier alpha value is -2.33. The number of nitrogens with zero attached hydrogens (tertiary/aromatic N) is 1. The lowest BCUT2D eigenvalue weighted by Gasteiger charge is -2.02. The number of hydrogen-bond acceptors (Lipinski definition) is 3. The second-order valence-electron chi connectivity index (χ2n) is 4.26. The Morgan fingerprint density at radius 3 is 2.67 bits per heavy atom. The quantitative estimate of drug-likeness (QED) is 0.640. The van der Waals surface area contributed by atoms with E-state index in [1.165, 1.54) is 0 Å². The van der Waals surface area contributed by atoms with Gasteiger partial charge in [-0.2, -0.15) is 0 Å². The number of nitrogen functional groups attached to an aromatic ring is 1. The standard InChI is InChI=1S/C14H14N4/c15-6-9-1-3-10(4-2-9)12-7-17-13-8-18-14(16)5-11(12)13/h1-5,7-8,17H,6,15H2,(H2,16,18). The van der Waals surface area contributed by atoms with Gasteiger partial charge >= 0.3 is 0 Å². The zero-order chi connectivity index (χ0) is 12.5. The minimum Gasteiger partial charge on any atom is -0.384 e. The van der Waals surface area contributed by atoms with E-state index >= 15 is 0 Å². The first-order valence-electron chi connectivity index (χ1n) is 5.80. The van der Waals surface area contributed by atoms with Gasteiger partial charge in [0.15, 0.2) is 0 Å². The van der Waals surface area contributed by atoms with Crippen LogP contribution in [-0.4, -0.2) is 9.97 Å². The zero-order valence-corrected chi connectivity index (χ0v) is 9.85. The Bertz CT molecular complexity index is 683. The van der Waals surface area contributed by atoms with Crippen LogP contribution >= 0.6 is 0 Å². The topological polar surface area (TPSA) is 80.7 Å². The van der Waals surface area contributed by atoms with Crippen LogP contribution in [0.15, 0.2) is 42.7 Å². The molecule has 4 heteroatoms. The fraction of sp³-hybridized carbons (Fsp3) is 0.0714. The predicted octanol–water partition coefficient (Wildman–Crippen LogP) is 2.27. The first-order valence-corrected chi connectivity index (χ1v) is 5.80. The van der Waals surface area contributed by atoms with E-state index in [-0.39, 0.29) is 0 Å². The minimum absolute atomic E-state index is 0.530. The molecular formula is C14H14N4. The number of rotatable bonds is 2. The van der Waals surface area contributed by atoms with Crippen LogP contribution in [0, 0.1) is 0 Å². The summed E-state index contributed by atoms with van der Waals surface area (Å²) in [5.74, 6) is 0.530. The molecule has 3 aromatic rings. The van der Waals surface area contributed by atoms with Crippen molar-refractivity contribution in [1.29, 1.82) is 0 Å². The van der Waals surface area contributed by atoms with Crippen LogP contribution in [-0.2, 0) is 6.54 Å². The zero-order valence-electron chi connectivity index (χ0n) is 9.85. The van der Waals surface area contributed by atoms with E-state index in [1.807, 2.05) is 24.4 Å². The van der Waals surface area contributed by atoms with Gasteiger partial charge in [-0.3, -0.25) is 0 Å². The molecule has 0 unspecified atom stereocenters. The number of fused-ring (bicyclic) bond motifs is 1. The molecule has 0 amide bonds. The summed E-state index contributed by atoms with van der Waals surface area (Å²) in [4.78, 5) is 7.27. The number of hydrogen-bond donors (Lipinski definition) is 3. The predicted molar refractivity (Wildman–Crippen MR) is 73.8 cm³/mol. The third kappa shape index (κ3) is 1.72. The molecular weight excluding hydrogens is 224 g/mol. The van der Waals surface area contributed by atoms with Crippen LogP contribution < -0.4 is 11.5 Å². The van der Waals surface area contributed by atoms with E-state index < -0.39 is 0 Å². The molecule has 0 aliphatic heterocycles. The summed E-state index contributed by atoms with van der Waals surface area (Å²) in [6.45, 7) is 0.561. The molecule has 2 heterocycles.